The molecule has 0 fully saturated rings. The summed E-state index contributed by atoms with van der Waals surface area (Å²) >= 11 is 0. The monoisotopic (exact) mass is 296 g/mol. The Kier molecular flexibility index (Phi) is 5.53. The number of carbonyl (C=O) groups excluding carboxylic acids is 1. The van der Waals surface area contributed by atoms with Gasteiger partial charge in [0.15, 0.2) is 9.84 Å². The molecule has 1 aromatic carbocycles. The van der Waals surface area contributed by atoms with Crippen LogP contribution in [-0.4, -0.2) is 45.7 Å². The fourth-order valence-corrected chi connectivity index (χ4v) is 2.79. The van der Waals surface area contributed by atoms with E-state index in [0.29, 0.717) is 5.75 Å². The SMILES string of the molecule is COc1cccc(S(=O)(=O)CC(=O)N(C)CCC#N)c1. The van der Waals surface area contributed by atoms with E-state index in [4.69, 9.17) is 10.00 Å². The summed E-state index contributed by atoms with van der Waals surface area (Å²) in [6.07, 6.45) is 0.168. The van der Waals surface area contributed by atoms with E-state index in [2.05, 4.69) is 0 Å². The Bertz CT molecular complexity index is 620. The van der Waals surface area contributed by atoms with Crippen molar-refractivity contribution in [1.82, 2.24) is 4.90 Å². The first kappa shape index (κ1) is 16.0. The molecule has 0 aromatic heterocycles. The lowest BCUT2D eigenvalue weighted by atomic mass is 10.3. The molecule has 1 aromatic rings. The van der Waals surface area contributed by atoms with Gasteiger partial charge in [0.2, 0.25) is 5.91 Å². The molecule has 0 N–H and O–H groups in total. The molecule has 7 heteroatoms. The van der Waals surface area contributed by atoms with E-state index in [1.54, 1.807) is 12.1 Å². The Morgan fingerprint density at radius 3 is 2.75 bits per heavy atom. The average molecular weight is 296 g/mol. The molecule has 0 saturated carbocycles. The van der Waals surface area contributed by atoms with Gasteiger partial charge in [-0.05, 0) is 18.2 Å². The van der Waals surface area contributed by atoms with Gasteiger partial charge in [0.1, 0.15) is 11.5 Å². The lowest BCUT2D eigenvalue weighted by molar-refractivity contribution is -0.127. The van der Waals surface area contributed by atoms with E-state index in [1.807, 2.05) is 6.07 Å². The number of sulfone groups is 1. The molecule has 0 heterocycles. The maximum Gasteiger partial charge on any atom is 0.237 e. The molecular formula is C13H16N2O4S. The van der Waals surface area contributed by atoms with Crippen LogP contribution in [0.5, 0.6) is 5.75 Å². The van der Waals surface area contributed by atoms with Gasteiger partial charge in [-0.15, -0.1) is 0 Å². The molecule has 0 unspecified atom stereocenters. The van der Waals surface area contributed by atoms with Gasteiger partial charge < -0.3 is 9.64 Å². The highest BCUT2D eigenvalue weighted by molar-refractivity contribution is 7.92. The molecule has 6 nitrogen and oxygen atoms in total. The first-order valence-corrected chi connectivity index (χ1v) is 7.53. The second-order valence-corrected chi connectivity index (χ2v) is 6.15. The number of ether oxygens (including phenoxy) is 1. The van der Waals surface area contributed by atoms with E-state index in [-0.39, 0.29) is 17.9 Å². The molecule has 0 atom stereocenters. The van der Waals surface area contributed by atoms with Gasteiger partial charge in [0.05, 0.1) is 24.5 Å². The Morgan fingerprint density at radius 2 is 2.15 bits per heavy atom. The predicted molar refractivity (Wildman–Crippen MR) is 72.9 cm³/mol. The first-order chi connectivity index (χ1) is 9.40. The van der Waals surface area contributed by atoms with Gasteiger partial charge >= 0.3 is 0 Å². The zero-order valence-electron chi connectivity index (χ0n) is 11.4. The summed E-state index contributed by atoms with van der Waals surface area (Å²) in [5, 5.41) is 8.45. The number of nitriles is 1. The molecule has 0 bridgehead atoms. The number of hydrogen-bond acceptors (Lipinski definition) is 5. The van der Waals surface area contributed by atoms with Gasteiger partial charge in [-0.1, -0.05) is 6.07 Å². The molecule has 20 heavy (non-hydrogen) atoms. The normalized spacial score (nSPS) is 10.7. The fourth-order valence-electron chi connectivity index (χ4n) is 1.49. The number of carbonyl (C=O) groups is 1. The van der Waals surface area contributed by atoms with Crippen molar-refractivity contribution in [1.29, 1.82) is 5.26 Å². The number of amides is 1. The third-order valence-corrected chi connectivity index (χ3v) is 4.30. The number of nitrogens with zero attached hydrogens (tertiary/aromatic N) is 2. The van der Waals surface area contributed by atoms with Crippen molar-refractivity contribution in [2.24, 2.45) is 0 Å². The van der Waals surface area contributed by atoms with E-state index in [0.717, 1.165) is 0 Å². The van der Waals surface area contributed by atoms with E-state index in [9.17, 15) is 13.2 Å². The van der Waals surface area contributed by atoms with Crippen LogP contribution >= 0.6 is 0 Å². The Labute approximate surface area is 118 Å². The van der Waals surface area contributed by atoms with Crippen LogP contribution in [0.25, 0.3) is 0 Å². The Morgan fingerprint density at radius 1 is 1.45 bits per heavy atom. The molecule has 0 aliphatic rings. The van der Waals surface area contributed by atoms with Gasteiger partial charge in [0, 0.05) is 13.6 Å². The van der Waals surface area contributed by atoms with Crippen molar-refractivity contribution in [3.05, 3.63) is 24.3 Å². The highest BCUT2D eigenvalue weighted by Crippen LogP contribution is 2.18. The van der Waals surface area contributed by atoms with Gasteiger partial charge in [-0.3, -0.25) is 4.79 Å². The largest absolute Gasteiger partial charge is 0.497 e. The molecule has 1 amide bonds. The second kappa shape index (κ2) is 6.91. The fraction of sp³-hybridized carbons (Fsp3) is 0.385. The number of methoxy groups -OCH3 is 1. The van der Waals surface area contributed by atoms with Crippen LogP contribution in [0.2, 0.25) is 0 Å². The van der Waals surface area contributed by atoms with Crippen molar-refractivity contribution >= 4 is 15.7 Å². The standard InChI is InChI=1S/C13H16N2O4S/c1-15(8-4-7-14)13(16)10-20(17,18)12-6-3-5-11(9-12)19-2/h3,5-6,9H,4,8,10H2,1-2H3. The maximum absolute atomic E-state index is 12.1. The molecule has 1 rings (SSSR count). The van der Waals surface area contributed by atoms with Gasteiger partial charge in [-0.25, -0.2) is 8.42 Å². The smallest absolute Gasteiger partial charge is 0.237 e. The molecule has 0 aliphatic carbocycles. The van der Waals surface area contributed by atoms with Crippen LogP contribution in [0.3, 0.4) is 0 Å². The van der Waals surface area contributed by atoms with Crippen LogP contribution in [-0.2, 0) is 14.6 Å². The van der Waals surface area contributed by atoms with E-state index in [1.165, 1.54) is 31.2 Å². The molecule has 0 saturated heterocycles. The lowest BCUT2D eigenvalue weighted by Crippen LogP contribution is -2.33. The van der Waals surface area contributed by atoms with Crippen LogP contribution in [0, 0.1) is 11.3 Å². The lowest BCUT2D eigenvalue weighted by Gasteiger charge is -2.15. The minimum Gasteiger partial charge on any atom is -0.497 e. The molecule has 0 radical (unpaired) electrons. The van der Waals surface area contributed by atoms with Crippen molar-refractivity contribution in [2.45, 2.75) is 11.3 Å². The second-order valence-electron chi connectivity index (χ2n) is 4.16. The molecule has 108 valence electrons. The maximum atomic E-state index is 12.1. The van der Waals surface area contributed by atoms with Crippen LogP contribution in [0.1, 0.15) is 6.42 Å². The van der Waals surface area contributed by atoms with Crippen molar-refractivity contribution in [2.75, 3.05) is 26.5 Å². The Balaban J connectivity index is 2.84. The minimum absolute atomic E-state index is 0.0406. The minimum atomic E-state index is -3.72. The van der Waals surface area contributed by atoms with Gasteiger partial charge in [-0.2, -0.15) is 5.26 Å². The van der Waals surface area contributed by atoms with E-state index >= 15 is 0 Å². The summed E-state index contributed by atoms with van der Waals surface area (Å²) in [5.41, 5.74) is 0. The highest BCUT2D eigenvalue weighted by atomic mass is 32.2. The number of benzene rings is 1. The van der Waals surface area contributed by atoms with Crippen LogP contribution in [0.15, 0.2) is 29.2 Å². The summed E-state index contributed by atoms with van der Waals surface area (Å²) in [4.78, 5) is 13.1. The van der Waals surface area contributed by atoms with E-state index < -0.39 is 21.5 Å². The predicted octanol–water partition coefficient (Wildman–Crippen LogP) is 0.841. The summed E-state index contributed by atoms with van der Waals surface area (Å²) in [5.74, 6) is -0.748. The number of hydrogen-bond donors (Lipinski definition) is 0. The molecule has 0 spiro atoms. The highest BCUT2D eigenvalue weighted by Gasteiger charge is 2.22. The quantitative estimate of drug-likeness (QED) is 0.776. The van der Waals surface area contributed by atoms with Crippen molar-refractivity contribution in [3.8, 4) is 11.8 Å². The van der Waals surface area contributed by atoms with Crippen LogP contribution < -0.4 is 4.74 Å². The summed E-state index contributed by atoms with van der Waals surface area (Å²) in [6.45, 7) is 0.211. The Hall–Kier alpha value is -2.07. The summed E-state index contributed by atoms with van der Waals surface area (Å²) in [7, 11) is -0.806. The summed E-state index contributed by atoms with van der Waals surface area (Å²) in [6, 6.07) is 7.87. The number of rotatable bonds is 6. The van der Waals surface area contributed by atoms with Crippen LogP contribution in [0.4, 0.5) is 0 Å². The zero-order valence-corrected chi connectivity index (χ0v) is 12.2. The third kappa shape index (κ3) is 4.24. The third-order valence-electron chi connectivity index (χ3n) is 2.70. The first-order valence-electron chi connectivity index (χ1n) is 5.88. The average Bonchev–Trinajstić information content (AvgIpc) is 2.44. The topological polar surface area (TPSA) is 87.5 Å². The van der Waals surface area contributed by atoms with Crippen molar-refractivity contribution < 1.29 is 17.9 Å². The van der Waals surface area contributed by atoms with Gasteiger partial charge in [0.25, 0.3) is 0 Å². The zero-order chi connectivity index (χ0) is 15.2. The molecular weight excluding hydrogens is 280 g/mol. The summed E-state index contributed by atoms with van der Waals surface area (Å²) < 4.78 is 29.2. The molecule has 0 aliphatic heterocycles. The van der Waals surface area contributed by atoms with Crippen molar-refractivity contribution in [3.63, 3.8) is 0 Å².